The van der Waals surface area contributed by atoms with Gasteiger partial charge in [-0.05, 0) is 45.6 Å². The molecule has 0 amide bonds. The molecule has 0 saturated carbocycles. The van der Waals surface area contributed by atoms with Gasteiger partial charge in [0.2, 0.25) is 0 Å². The summed E-state index contributed by atoms with van der Waals surface area (Å²) in [6.45, 7) is 5.97. The monoisotopic (exact) mass is 343 g/mol. The number of aliphatic hydroxyl groups is 1. The van der Waals surface area contributed by atoms with Gasteiger partial charge in [0.05, 0.1) is 11.8 Å². The molecule has 1 aromatic carbocycles. The molecule has 2 bridgehead atoms. The Morgan fingerprint density at radius 1 is 1.24 bits per heavy atom. The van der Waals surface area contributed by atoms with Crippen LogP contribution in [0.4, 0.5) is 4.39 Å². The molecule has 0 spiro atoms. The van der Waals surface area contributed by atoms with Gasteiger partial charge in [0.25, 0.3) is 0 Å². The highest BCUT2D eigenvalue weighted by Crippen LogP contribution is 2.46. The van der Waals surface area contributed by atoms with Crippen LogP contribution in [0.2, 0.25) is 0 Å². The predicted molar refractivity (Wildman–Crippen MR) is 94.5 cm³/mol. The third-order valence-electron chi connectivity index (χ3n) is 6.15. The summed E-state index contributed by atoms with van der Waals surface area (Å²) in [7, 11) is 0. The second kappa shape index (κ2) is 6.22. The van der Waals surface area contributed by atoms with Crippen LogP contribution in [0.25, 0.3) is 0 Å². The van der Waals surface area contributed by atoms with E-state index in [1.807, 2.05) is 16.9 Å². The van der Waals surface area contributed by atoms with Gasteiger partial charge in [-0.3, -0.25) is 9.58 Å². The van der Waals surface area contributed by atoms with E-state index in [1.165, 1.54) is 17.3 Å². The van der Waals surface area contributed by atoms with Crippen LogP contribution in [-0.4, -0.2) is 31.9 Å². The van der Waals surface area contributed by atoms with Crippen molar-refractivity contribution in [3.63, 3.8) is 0 Å². The molecular formula is C20H26FN3O. The molecular weight excluding hydrogens is 317 g/mol. The zero-order valence-electron chi connectivity index (χ0n) is 15.0. The van der Waals surface area contributed by atoms with Crippen LogP contribution in [0.1, 0.15) is 49.4 Å². The molecule has 2 aliphatic heterocycles. The molecule has 4 nitrogen and oxygen atoms in total. The van der Waals surface area contributed by atoms with Crippen LogP contribution >= 0.6 is 0 Å². The van der Waals surface area contributed by atoms with Gasteiger partial charge >= 0.3 is 0 Å². The fraction of sp³-hybridized carbons (Fsp3) is 0.550. The molecule has 5 heteroatoms. The molecule has 134 valence electrons. The van der Waals surface area contributed by atoms with Crippen molar-refractivity contribution in [1.29, 1.82) is 0 Å². The summed E-state index contributed by atoms with van der Waals surface area (Å²) in [4.78, 5) is 2.50. The van der Waals surface area contributed by atoms with Gasteiger partial charge in [-0.1, -0.05) is 18.2 Å². The average molecular weight is 343 g/mol. The lowest BCUT2D eigenvalue weighted by Crippen LogP contribution is -2.49. The summed E-state index contributed by atoms with van der Waals surface area (Å²) in [5, 5.41) is 15.7. The van der Waals surface area contributed by atoms with Gasteiger partial charge < -0.3 is 5.11 Å². The quantitative estimate of drug-likeness (QED) is 0.925. The summed E-state index contributed by atoms with van der Waals surface area (Å²) in [6.07, 6.45) is 5.32. The molecule has 0 aliphatic carbocycles. The second-order valence-corrected chi connectivity index (χ2v) is 7.55. The number of benzene rings is 1. The van der Waals surface area contributed by atoms with Crippen molar-refractivity contribution >= 4 is 0 Å². The van der Waals surface area contributed by atoms with Gasteiger partial charge in [0, 0.05) is 42.0 Å². The van der Waals surface area contributed by atoms with Crippen molar-refractivity contribution in [3.05, 3.63) is 53.1 Å². The van der Waals surface area contributed by atoms with Crippen LogP contribution < -0.4 is 0 Å². The maximum atomic E-state index is 14.2. The maximum absolute atomic E-state index is 14.2. The Kier molecular flexibility index (Phi) is 4.16. The Morgan fingerprint density at radius 3 is 2.52 bits per heavy atom. The minimum atomic E-state index is -1.05. The first-order valence-electron chi connectivity index (χ1n) is 9.26. The summed E-state index contributed by atoms with van der Waals surface area (Å²) in [5.74, 6) is -0.294. The Hall–Kier alpha value is -1.72. The smallest absolute Gasteiger partial charge is 0.129 e. The Morgan fingerprint density at radius 2 is 1.92 bits per heavy atom. The minimum Gasteiger partial charge on any atom is -0.385 e. The number of halogens is 1. The van der Waals surface area contributed by atoms with Gasteiger partial charge in [-0.2, -0.15) is 5.10 Å². The lowest BCUT2D eigenvalue weighted by Gasteiger charge is -2.44. The average Bonchev–Trinajstić information content (AvgIpc) is 3.06. The third-order valence-corrected chi connectivity index (χ3v) is 6.15. The number of rotatable bonds is 4. The molecule has 2 saturated heterocycles. The SMILES string of the molecule is CCn1ncc(CN2C3CCC2CC(O)(c2ccccc2F)C3)c1C. The molecule has 1 N–H and O–H groups in total. The van der Waals surface area contributed by atoms with Crippen molar-refractivity contribution in [2.75, 3.05) is 0 Å². The number of fused-ring (bicyclic) bond motifs is 2. The molecule has 2 unspecified atom stereocenters. The van der Waals surface area contributed by atoms with Gasteiger partial charge in [-0.25, -0.2) is 4.39 Å². The molecule has 2 fully saturated rings. The van der Waals surface area contributed by atoms with E-state index in [1.54, 1.807) is 12.1 Å². The van der Waals surface area contributed by atoms with Gasteiger partial charge in [0.15, 0.2) is 0 Å². The van der Waals surface area contributed by atoms with Crippen LogP contribution in [0, 0.1) is 12.7 Å². The molecule has 2 atom stereocenters. The first-order valence-corrected chi connectivity index (χ1v) is 9.26. The van der Waals surface area contributed by atoms with Crippen LogP contribution in [0.5, 0.6) is 0 Å². The summed E-state index contributed by atoms with van der Waals surface area (Å²) >= 11 is 0. The largest absolute Gasteiger partial charge is 0.385 e. The first kappa shape index (κ1) is 16.7. The zero-order chi connectivity index (χ0) is 17.6. The number of aromatic nitrogens is 2. The van der Waals surface area contributed by atoms with Crippen molar-refractivity contribution in [2.45, 2.75) is 70.3 Å². The topological polar surface area (TPSA) is 41.3 Å². The normalized spacial score (nSPS) is 29.3. The van der Waals surface area contributed by atoms with Crippen LogP contribution in [-0.2, 0) is 18.7 Å². The number of nitrogens with zero attached hydrogens (tertiary/aromatic N) is 3. The van der Waals surface area contributed by atoms with E-state index in [9.17, 15) is 9.50 Å². The Labute approximate surface area is 148 Å². The molecule has 3 heterocycles. The summed E-state index contributed by atoms with van der Waals surface area (Å²) < 4.78 is 16.3. The molecule has 2 aromatic rings. The lowest BCUT2D eigenvalue weighted by molar-refractivity contribution is -0.0616. The first-order chi connectivity index (χ1) is 12.0. The van der Waals surface area contributed by atoms with Crippen molar-refractivity contribution in [3.8, 4) is 0 Å². The molecule has 25 heavy (non-hydrogen) atoms. The minimum absolute atomic E-state index is 0.294. The van der Waals surface area contributed by atoms with E-state index in [4.69, 9.17) is 0 Å². The molecule has 1 aromatic heterocycles. The van der Waals surface area contributed by atoms with E-state index in [-0.39, 0.29) is 5.82 Å². The highest BCUT2D eigenvalue weighted by Gasteiger charge is 2.49. The van der Waals surface area contributed by atoms with Crippen molar-refractivity contribution in [1.82, 2.24) is 14.7 Å². The van der Waals surface area contributed by atoms with Crippen molar-refractivity contribution in [2.24, 2.45) is 0 Å². The van der Waals surface area contributed by atoms with E-state index in [0.717, 1.165) is 25.9 Å². The fourth-order valence-electron chi connectivity index (χ4n) is 4.79. The number of piperidine rings is 1. The Bertz CT molecular complexity index is 758. The highest BCUT2D eigenvalue weighted by molar-refractivity contribution is 5.27. The highest BCUT2D eigenvalue weighted by atomic mass is 19.1. The Balaban J connectivity index is 1.56. The number of aryl methyl sites for hydroxylation is 1. The number of hydrogen-bond donors (Lipinski definition) is 1. The van der Waals surface area contributed by atoms with E-state index >= 15 is 0 Å². The van der Waals surface area contributed by atoms with E-state index < -0.39 is 5.60 Å². The fourth-order valence-corrected chi connectivity index (χ4v) is 4.79. The zero-order valence-corrected chi connectivity index (χ0v) is 15.0. The number of hydrogen-bond acceptors (Lipinski definition) is 3. The molecule has 4 rings (SSSR count). The lowest BCUT2D eigenvalue weighted by atomic mass is 9.80. The maximum Gasteiger partial charge on any atom is 0.129 e. The standard InChI is InChI=1S/C20H26FN3O/c1-3-24-14(2)15(12-22-24)13-23-16-8-9-17(23)11-20(25,10-16)18-6-4-5-7-19(18)21/h4-7,12,16-17,25H,3,8-11,13H2,1-2H3. The predicted octanol–water partition coefficient (Wildman–Crippen LogP) is 3.37. The van der Waals surface area contributed by atoms with Crippen LogP contribution in [0.15, 0.2) is 30.5 Å². The van der Waals surface area contributed by atoms with Crippen molar-refractivity contribution < 1.29 is 9.50 Å². The van der Waals surface area contributed by atoms with E-state index in [0.29, 0.717) is 30.5 Å². The summed E-state index contributed by atoms with van der Waals surface area (Å²) in [6, 6.07) is 7.28. The van der Waals surface area contributed by atoms with Crippen LogP contribution in [0.3, 0.4) is 0 Å². The second-order valence-electron chi connectivity index (χ2n) is 7.55. The van der Waals surface area contributed by atoms with E-state index in [2.05, 4.69) is 23.8 Å². The third kappa shape index (κ3) is 2.79. The van der Waals surface area contributed by atoms with Gasteiger partial charge in [0.1, 0.15) is 5.82 Å². The molecule has 2 aliphatic rings. The molecule has 0 radical (unpaired) electrons. The van der Waals surface area contributed by atoms with Gasteiger partial charge in [-0.15, -0.1) is 0 Å². The summed E-state index contributed by atoms with van der Waals surface area (Å²) in [5.41, 5.74) is 1.89.